The highest BCUT2D eigenvalue weighted by molar-refractivity contribution is 5.98. The quantitative estimate of drug-likeness (QED) is 0.869. The Kier molecular flexibility index (Phi) is 4.03. The fraction of sp³-hybridized carbons (Fsp3) is 0.250. The van der Waals surface area contributed by atoms with Crippen LogP contribution in [0.3, 0.4) is 0 Å². The molecule has 0 aliphatic carbocycles. The normalized spacial score (nSPS) is 10.5. The first kappa shape index (κ1) is 14.1. The predicted molar refractivity (Wildman–Crippen MR) is 75.2 cm³/mol. The number of carbonyl (C=O) groups excluding carboxylic acids is 1. The SMILES string of the molecule is Cc1ccc(CCC(=O)c2c(O)cc(C)oc2=O)cc1. The first-order chi connectivity index (χ1) is 9.47. The van der Waals surface area contributed by atoms with Gasteiger partial charge in [0.05, 0.1) is 0 Å². The van der Waals surface area contributed by atoms with E-state index in [1.807, 2.05) is 31.2 Å². The van der Waals surface area contributed by atoms with Gasteiger partial charge in [0.1, 0.15) is 17.1 Å². The molecule has 0 saturated carbocycles. The number of aromatic hydroxyl groups is 1. The maximum absolute atomic E-state index is 12.0. The molecule has 0 radical (unpaired) electrons. The average molecular weight is 272 g/mol. The van der Waals surface area contributed by atoms with Crippen LogP contribution in [0.5, 0.6) is 5.75 Å². The van der Waals surface area contributed by atoms with Crippen molar-refractivity contribution in [2.24, 2.45) is 0 Å². The molecule has 2 aromatic rings. The van der Waals surface area contributed by atoms with Gasteiger partial charge in [0.15, 0.2) is 5.78 Å². The summed E-state index contributed by atoms with van der Waals surface area (Å²) >= 11 is 0. The van der Waals surface area contributed by atoms with Gasteiger partial charge in [-0.05, 0) is 25.8 Å². The minimum Gasteiger partial charge on any atom is -0.507 e. The van der Waals surface area contributed by atoms with Crippen LogP contribution in [0.25, 0.3) is 0 Å². The van der Waals surface area contributed by atoms with E-state index in [0.29, 0.717) is 6.42 Å². The molecule has 0 fully saturated rings. The fourth-order valence-corrected chi connectivity index (χ4v) is 1.99. The predicted octanol–water partition coefficient (Wildman–Crippen LogP) is 2.78. The Hall–Kier alpha value is -2.36. The molecule has 1 aromatic heterocycles. The molecule has 1 N–H and O–H groups in total. The number of hydrogen-bond acceptors (Lipinski definition) is 4. The van der Waals surface area contributed by atoms with E-state index in [9.17, 15) is 14.7 Å². The van der Waals surface area contributed by atoms with E-state index in [0.717, 1.165) is 11.1 Å². The highest BCUT2D eigenvalue weighted by Crippen LogP contribution is 2.17. The number of carbonyl (C=O) groups is 1. The highest BCUT2D eigenvalue weighted by atomic mass is 16.4. The molecule has 0 unspecified atom stereocenters. The topological polar surface area (TPSA) is 67.5 Å². The number of aryl methyl sites for hydroxylation is 3. The van der Waals surface area contributed by atoms with Gasteiger partial charge in [0.25, 0.3) is 0 Å². The van der Waals surface area contributed by atoms with Crippen molar-refractivity contribution in [2.45, 2.75) is 26.7 Å². The van der Waals surface area contributed by atoms with Crippen LogP contribution in [-0.2, 0) is 6.42 Å². The second-order valence-electron chi connectivity index (χ2n) is 4.81. The van der Waals surface area contributed by atoms with E-state index in [4.69, 9.17) is 4.42 Å². The summed E-state index contributed by atoms with van der Waals surface area (Å²) in [5, 5.41) is 9.70. The molecular weight excluding hydrogens is 256 g/mol. The Balaban J connectivity index is 2.13. The van der Waals surface area contributed by atoms with E-state index >= 15 is 0 Å². The molecule has 4 nitrogen and oxygen atoms in total. The molecule has 0 aliphatic rings. The Labute approximate surface area is 116 Å². The number of ketones is 1. The number of Topliss-reactive ketones (excluding diaryl/α,β-unsaturated/α-hetero) is 1. The molecule has 0 spiro atoms. The molecule has 4 heteroatoms. The number of hydrogen-bond donors (Lipinski definition) is 1. The largest absolute Gasteiger partial charge is 0.507 e. The molecule has 0 saturated heterocycles. The van der Waals surface area contributed by atoms with Gasteiger partial charge in [-0.2, -0.15) is 0 Å². The van der Waals surface area contributed by atoms with Crippen LogP contribution in [0.4, 0.5) is 0 Å². The summed E-state index contributed by atoms with van der Waals surface area (Å²) in [6.45, 7) is 3.53. The first-order valence-electron chi connectivity index (χ1n) is 6.40. The van der Waals surface area contributed by atoms with E-state index in [-0.39, 0.29) is 23.5 Å². The van der Waals surface area contributed by atoms with Crippen molar-refractivity contribution in [1.82, 2.24) is 0 Å². The Morgan fingerprint density at radius 2 is 1.85 bits per heavy atom. The van der Waals surface area contributed by atoms with Crippen molar-refractivity contribution in [3.05, 3.63) is 63.2 Å². The van der Waals surface area contributed by atoms with Crippen LogP contribution >= 0.6 is 0 Å². The molecule has 1 aromatic carbocycles. The third kappa shape index (κ3) is 3.15. The molecule has 2 rings (SSSR count). The van der Waals surface area contributed by atoms with Gasteiger partial charge in [-0.15, -0.1) is 0 Å². The van der Waals surface area contributed by atoms with Crippen molar-refractivity contribution < 1.29 is 14.3 Å². The summed E-state index contributed by atoms with van der Waals surface area (Å²) in [4.78, 5) is 23.6. The summed E-state index contributed by atoms with van der Waals surface area (Å²) in [6.07, 6.45) is 0.677. The maximum atomic E-state index is 12.0. The van der Waals surface area contributed by atoms with Gasteiger partial charge in [-0.1, -0.05) is 29.8 Å². The fourth-order valence-electron chi connectivity index (χ4n) is 1.99. The van der Waals surface area contributed by atoms with Gasteiger partial charge in [-0.3, -0.25) is 4.79 Å². The lowest BCUT2D eigenvalue weighted by molar-refractivity contribution is 0.0975. The van der Waals surface area contributed by atoms with Crippen molar-refractivity contribution in [1.29, 1.82) is 0 Å². The van der Waals surface area contributed by atoms with Gasteiger partial charge in [0.2, 0.25) is 0 Å². The summed E-state index contributed by atoms with van der Waals surface area (Å²) in [5.41, 5.74) is 1.12. The molecule has 0 atom stereocenters. The van der Waals surface area contributed by atoms with Crippen LogP contribution < -0.4 is 5.63 Å². The van der Waals surface area contributed by atoms with Crippen LogP contribution in [-0.4, -0.2) is 10.9 Å². The van der Waals surface area contributed by atoms with Crippen molar-refractivity contribution in [2.75, 3.05) is 0 Å². The average Bonchev–Trinajstić information content (AvgIpc) is 2.37. The molecule has 1 heterocycles. The van der Waals surface area contributed by atoms with Gasteiger partial charge in [-0.25, -0.2) is 4.79 Å². The Morgan fingerprint density at radius 1 is 1.20 bits per heavy atom. The van der Waals surface area contributed by atoms with E-state index in [1.54, 1.807) is 6.92 Å². The molecular formula is C16H16O4. The summed E-state index contributed by atoms with van der Waals surface area (Å²) in [6, 6.07) is 9.11. The number of rotatable bonds is 4. The second kappa shape index (κ2) is 5.74. The zero-order valence-corrected chi connectivity index (χ0v) is 11.5. The third-order valence-electron chi connectivity index (χ3n) is 3.09. The van der Waals surface area contributed by atoms with E-state index in [1.165, 1.54) is 6.07 Å². The van der Waals surface area contributed by atoms with Gasteiger partial charge in [0, 0.05) is 12.5 Å². The lowest BCUT2D eigenvalue weighted by Gasteiger charge is -2.04. The molecule has 0 amide bonds. The summed E-state index contributed by atoms with van der Waals surface area (Å²) in [5.74, 6) is -0.438. The smallest absolute Gasteiger partial charge is 0.350 e. The molecule has 104 valence electrons. The Bertz CT molecular complexity index is 681. The first-order valence-corrected chi connectivity index (χ1v) is 6.40. The minimum atomic E-state index is -0.781. The highest BCUT2D eigenvalue weighted by Gasteiger charge is 2.17. The summed E-state index contributed by atoms with van der Waals surface area (Å²) < 4.78 is 4.84. The molecule has 0 bridgehead atoms. The number of benzene rings is 1. The van der Waals surface area contributed by atoms with E-state index < -0.39 is 11.4 Å². The molecule has 0 aliphatic heterocycles. The van der Waals surface area contributed by atoms with E-state index in [2.05, 4.69) is 0 Å². The van der Waals surface area contributed by atoms with Crippen LogP contribution in [0.2, 0.25) is 0 Å². The second-order valence-corrected chi connectivity index (χ2v) is 4.81. The minimum absolute atomic E-state index is 0.157. The Morgan fingerprint density at radius 3 is 2.45 bits per heavy atom. The van der Waals surface area contributed by atoms with Gasteiger partial charge < -0.3 is 9.52 Å². The maximum Gasteiger partial charge on any atom is 0.350 e. The van der Waals surface area contributed by atoms with Crippen molar-refractivity contribution in [3.63, 3.8) is 0 Å². The monoisotopic (exact) mass is 272 g/mol. The molecule has 20 heavy (non-hydrogen) atoms. The van der Waals surface area contributed by atoms with Crippen molar-refractivity contribution >= 4 is 5.78 Å². The summed E-state index contributed by atoms with van der Waals surface area (Å²) in [7, 11) is 0. The standard InChI is InChI=1S/C16H16O4/c1-10-3-5-12(6-4-10)7-8-13(17)15-14(18)9-11(2)20-16(15)19/h3-6,9,18H,7-8H2,1-2H3. The van der Waals surface area contributed by atoms with Crippen LogP contribution in [0.1, 0.15) is 33.7 Å². The lowest BCUT2D eigenvalue weighted by Crippen LogP contribution is -2.15. The van der Waals surface area contributed by atoms with Crippen LogP contribution in [0.15, 0.2) is 39.5 Å². The van der Waals surface area contributed by atoms with Gasteiger partial charge >= 0.3 is 5.63 Å². The zero-order valence-electron chi connectivity index (χ0n) is 11.5. The lowest BCUT2D eigenvalue weighted by atomic mass is 10.0. The third-order valence-corrected chi connectivity index (χ3v) is 3.09. The van der Waals surface area contributed by atoms with Crippen LogP contribution in [0, 0.1) is 13.8 Å². The van der Waals surface area contributed by atoms with Crippen molar-refractivity contribution in [3.8, 4) is 5.75 Å². The zero-order chi connectivity index (χ0) is 14.7.